The van der Waals surface area contributed by atoms with Crippen molar-refractivity contribution in [2.24, 2.45) is 0 Å². The molecule has 1 N–H and O–H groups in total. The van der Waals surface area contributed by atoms with Crippen LogP contribution in [-0.4, -0.2) is 51.9 Å². The number of nitrogens with zero attached hydrogens (tertiary/aromatic N) is 3. The molecule has 0 bridgehead atoms. The Labute approximate surface area is 135 Å². The van der Waals surface area contributed by atoms with Crippen molar-refractivity contribution in [3.05, 3.63) is 35.1 Å². The molecule has 0 unspecified atom stereocenters. The van der Waals surface area contributed by atoms with Gasteiger partial charge in [-0.05, 0) is 24.3 Å². The molecule has 0 saturated heterocycles. The van der Waals surface area contributed by atoms with Gasteiger partial charge in [0.15, 0.2) is 5.16 Å². The highest BCUT2D eigenvalue weighted by molar-refractivity contribution is 9.10. The predicted molar refractivity (Wildman–Crippen MR) is 84.4 cm³/mol. The smallest absolute Gasteiger partial charge is 0.232 e. The van der Waals surface area contributed by atoms with Crippen LogP contribution in [0.25, 0.3) is 0 Å². The number of carbonyl (C=O) groups excluding carboxylic acids is 1. The van der Waals surface area contributed by atoms with Crippen molar-refractivity contribution in [2.45, 2.75) is 5.16 Å². The lowest BCUT2D eigenvalue weighted by Crippen LogP contribution is -2.32. The van der Waals surface area contributed by atoms with Gasteiger partial charge < -0.3 is 9.64 Å². The molecule has 21 heavy (non-hydrogen) atoms. The Balaban J connectivity index is 1.67. The van der Waals surface area contributed by atoms with E-state index in [1.54, 1.807) is 11.9 Å². The van der Waals surface area contributed by atoms with Crippen molar-refractivity contribution in [2.75, 3.05) is 26.0 Å². The third-order valence-corrected chi connectivity index (χ3v) is 4.05. The van der Waals surface area contributed by atoms with E-state index < -0.39 is 0 Å². The largest absolute Gasteiger partial charge is 0.492 e. The van der Waals surface area contributed by atoms with E-state index in [0.717, 1.165) is 10.2 Å². The summed E-state index contributed by atoms with van der Waals surface area (Å²) >= 11 is 4.70. The fraction of sp³-hybridized carbons (Fsp3) is 0.308. The molecule has 0 aliphatic heterocycles. The second-order valence-electron chi connectivity index (χ2n) is 4.20. The Morgan fingerprint density at radius 2 is 2.19 bits per heavy atom. The molecule has 1 amide bonds. The molecule has 1 aromatic heterocycles. The molecule has 0 atom stereocenters. The molecule has 2 aromatic rings. The number of hydrogen-bond acceptors (Lipinski definition) is 5. The minimum absolute atomic E-state index is 0.0239. The summed E-state index contributed by atoms with van der Waals surface area (Å²) in [6.07, 6.45) is 1.42. The van der Waals surface area contributed by atoms with Crippen molar-refractivity contribution in [3.63, 3.8) is 0 Å². The van der Waals surface area contributed by atoms with Crippen molar-refractivity contribution in [1.82, 2.24) is 20.1 Å². The number of likely N-dealkylation sites (N-methyl/N-ethyl adjacent to an activating group) is 1. The van der Waals surface area contributed by atoms with Crippen LogP contribution in [0.1, 0.15) is 0 Å². The Morgan fingerprint density at radius 3 is 2.86 bits per heavy atom. The van der Waals surface area contributed by atoms with Crippen LogP contribution in [0, 0.1) is 0 Å². The van der Waals surface area contributed by atoms with Gasteiger partial charge in [-0.2, -0.15) is 5.10 Å². The van der Waals surface area contributed by atoms with Crippen LogP contribution < -0.4 is 4.74 Å². The summed E-state index contributed by atoms with van der Waals surface area (Å²) in [6.45, 7) is 0.989. The Kier molecular flexibility index (Phi) is 6.06. The van der Waals surface area contributed by atoms with E-state index in [-0.39, 0.29) is 5.91 Å². The number of thioether (sulfide) groups is 1. The summed E-state index contributed by atoms with van der Waals surface area (Å²) in [4.78, 5) is 17.5. The fourth-order valence-electron chi connectivity index (χ4n) is 1.46. The number of H-pyrrole nitrogens is 1. The third-order valence-electron chi connectivity index (χ3n) is 2.66. The van der Waals surface area contributed by atoms with Gasteiger partial charge >= 0.3 is 0 Å². The molecule has 0 saturated carbocycles. The van der Waals surface area contributed by atoms with E-state index in [0.29, 0.717) is 24.1 Å². The molecule has 1 aromatic carbocycles. The first-order valence-electron chi connectivity index (χ1n) is 6.25. The predicted octanol–water partition coefficient (Wildman–Crippen LogP) is 2.20. The zero-order valence-corrected chi connectivity index (χ0v) is 13.9. The first-order valence-corrected chi connectivity index (χ1v) is 8.03. The summed E-state index contributed by atoms with van der Waals surface area (Å²) in [5.41, 5.74) is 0. The number of halogens is 1. The van der Waals surface area contributed by atoms with Crippen LogP contribution in [0.15, 0.2) is 40.2 Å². The highest BCUT2D eigenvalue weighted by atomic mass is 79.9. The van der Waals surface area contributed by atoms with E-state index in [1.807, 2.05) is 24.3 Å². The number of aromatic amines is 1. The van der Waals surface area contributed by atoms with E-state index >= 15 is 0 Å². The third kappa shape index (κ3) is 5.39. The second-order valence-corrected chi connectivity index (χ2v) is 6.08. The monoisotopic (exact) mass is 370 g/mol. The SMILES string of the molecule is CN(CCOc1ccc(Br)cc1)C(=O)CSc1ncn[nH]1. The standard InChI is InChI=1S/C13H15BrN4O2S/c1-18(12(19)8-21-13-15-9-16-17-13)6-7-20-11-4-2-10(14)3-5-11/h2-5,9H,6-8H2,1H3,(H,15,16,17). The highest BCUT2D eigenvalue weighted by Gasteiger charge is 2.10. The summed E-state index contributed by atoms with van der Waals surface area (Å²) in [6, 6.07) is 7.59. The van der Waals surface area contributed by atoms with Crippen LogP contribution >= 0.6 is 27.7 Å². The molecular weight excluding hydrogens is 356 g/mol. The van der Waals surface area contributed by atoms with Crippen LogP contribution in [0.3, 0.4) is 0 Å². The number of hydrogen-bond donors (Lipinski definition) is 1. The maximum atomic E-state index is 11.9. The maximum Gasteiger partial charge on any atom is 0.232 e. The van der Waals surface area contributed by atoms with Crippen LogP contribution in [0.4, 0.5) is 0 Å². The molecule has 0 radical (unpaired) electrons. The molecule has 1 heterocycles. The van der Waals surface area contributed by atoms with Crippen LogP contribution in [-0.2, 0) is 4.79 Å². The lowest BCUT2D eigenvalue weighted by molar-refractivity contribution is -0.127. The van der Waals surface area contributed by atoms with Gasteiger partial charge in [0.1, 0.15) is 18.7 Å². The number of ether oxygens (including phenoxy) is 1. The molecule has 2 rings (SSSR count). The average molecular weight is 371 g/mol. The Morgan fingerprint density at radius 1 is 1.43 bits per heavy atom. The molecule has 6 nitrogen and oxygen atoms in total. The van der Waals surface area contributed by atoms with Gasteiger partial charge in [-0.3, -0.25) is 9.89 Å². The molecule has 8 heteroatoms. The number of nitrogens with one attached hydrogen (secondary N) is 1. The van der Waals surface area contributed by atoms with Gasteiger partial charge in [-0.1, -0.05) is 27.7 Å². The normalized spacial score (nSPS) is 10.4. The molecular formula is C13H15BrN4O2S. The van der Waals surface area contributed by atoms with Gasteiger partial charge in [0.05, 0.1) is 12.3 Å². The molecule has 0 aliphatic rings. The number of rotatable bonds is 7. The summed E-state index contributed by atoms with van der Waals surface area (Å²) in [7, 11) is 1.76. The summed E-state index contributed by atoms with van der Waals surface area (Å²) in [5, 5.41) is 7.07. The zero-order valence-electron chi connectivity index (χ0n) is 11.5. The van der Waals surface area contributed by atoms with Crippen LogP contribution in [0.2, 0.25) is 0 Å². The van der Waals surface area contributed by atoms with Gasteiger partial charge in [0.25, 0.3) is 0 Å². The first-order chi connectivity index (χ1) is 10.1. The number of benzene rings is 1. The zero-order chi connectivity index (χ0) is 15.1. The van der Waals surface area contributed by atoms with Crippen LogP contribution in [0.5, 0.6) is 5.75 Å². The van der Waals surface area contributed by atoms with Crippen molar-refractivity contribution < 1.29 is 9.53 Å². The van der Waals surface area contributed by atoms with E-state index in [4.69, 9.17) is 4.74 Å². The van der Waals surface area contributed by atoms with Gasteiger partial charge in [0, 0.05) is 11.5 Å². The van der Waals surface area contributed by atoms with Crippen molar-refractivity contribution in [1.29, 1.82) is 0 Å². The molecule has 0 aliphatic carbocycles. The van der Waals surface area contributed by atoms with Gasteiger partial charge in [-0.25, -0.2) is 4.98 Å². The van der Waals surface area contributed by atoms with E-state index in [9.17, 15) is 4.79 Å². The number of amides is 1. The fourth-order valence-corrected chi connectivity index (χ4v) is 2.44. The first kappa shape index (κ1) is 15.8. The number of aromatic nitrogens is 3. The van der Waals surface area contributed by atoms with Gasteiger partial charge in [0.2, 0.25) is 5.91 Å². The Bertz CT molecular complexity index is 562. The highest BCUT2D eigenvalue weighted by Crippen LogP contribution is 2.16. The van der Waals surface area contributed by atoms with Gasteiger partial charge in [-0.15, -0.1) is 0 Å². The lowest BCUT2D eigenvalue weighted by Gasteiger charge is -2.17. The topological polar surface area (TPSA) is 71.1 Å². The summed E-state index contributed by atoms with van der Waals surface area (Å²) in [5.74, 6) is 1.13. The minimum atomic E-state index is 0.0239. The van der Waals surface area contributed by atoms with E-state index in [1.165, 1.54) is 18.1 Å². The second kappa shape index (κ2) is 8.04. The minimum Gasteiger partial charge on any atom is -0.492 e. The molecule has 0 spiro atoms. The number of carbonyl (C=O) groups is 1. The Hall–Kier alpha value is -1.54. The lowest BCUT2D eigenvalue weighted by atomic mass is 10.3. The van der Waals surface area contributed by atoms with Crippen molar-refractivity contribution >= 4 is 33.6 Å². The van der Waals surface area contributed by atoms with E-state index in [2.05, 4.69) is 31.1 Å². The molecule has 0 fully saturated rings. The quantitative estimate of drug-likeness (QED) is 0.756. The summed E-state index contributed by atoms with van der Waals surface area (Å²) < 4.78 is 6.59. The van der Waals surface area contributed by atoms with Crippen molar-refractivity contribution in [3.8, 4) is 5.75 Å². The average Bonchev–Trinajstić information content (AvgIpc) is 3.00. The molecule has 112 valence electrons. The maximum absolute atomic E-state index is 11.9.